The summed E-state index contributed by atoms with van der Waals surface area (Å²) in [6.45, 7) is 3.35. The molecule has 31 heavy (non-hydrogen) atoms. The number of nitrogens with one attached hydrogen (secondary N) is 1. The minimum atomic E-state index is -0.215. The molecular weight excluding hydrogens is 414 g/mol. The average molecular weight is 438 g/mol. The number of halogens is 1. The van der Waals surface area contributed by atoms with Crippen molar-refractivity contribution in [1.82, 2.24) is 10.3 Å². The Morgan fingerprint density at radius 2 is 1.87 bits per heavy atom. The molecule has 4 rings (SSSR count). The van der Waals surface area contributed by atoms with Gasteiger partial charge in [-0.05, 0) is 41.0 Å². The first-order valence-corrected chi connectivity index (χ1v) is 10.6. The monoisotopic (exact) mass is 437 g/mol. The summed E-state index contributed by atoms with van der Waals surface area (Å²) in [4.78, 5) is 18.9. The molecule has 7 heteroatoms. The van der Waals surface area contributed by atoms with Crippen LogP contribution < -0.4 is 15.0 Å². The van der Waals surface area contributed by atoms with Gasteiger partial charge in [0.15, 0.2) is 6.61 Å². The summed E-state index contributed by atoms with van der Waals surface area (Å²) in [6, 6.07) is 19.4. The third-order valence-electron chi connectivity index (χ3n) is 5.03. The van der Waals surface area contributed by atoms with Crippen molar-refractivity contribution in [2.24, 2.45) is 0 Å². The molecule has 0 radical (unpaired) electrons. The Kier molecular flexibility index (Phi) is 7.02. The molecule has 0 saturated carbocycles. The standard InChI is InChI=1S/C24H24ClN3O3/c25-21-15-20(19-4-2-1-3-5-19)6-7-22(21)31-17-24(29)27-16-18-8-9-26-23(14-18)28-10-12-30-13-11-28/h1-9,14-15H,10-13,16-17H2,(H,27,29). The predicted molar refractivity (Wildman–Crippen MR) is 121 cm³/mol. The van der Waals surface area contributed by atoms with Crippen LogP contribution in [0.1, 0.15) is 5.56 Å². The number of carbonyl (C=O) groups is 1. The van der Waals surface area contributed by atoms with Crippen LogP contribution in [0.15, 0.2) is 66.9 Å². The number of benzene rings is 2. The molecule has 1 saturated heterocycles. The molecule has 0 bridgehead atoms. The second kappa shape index (κ2) is 10.3. The number of morpholine rings is 1. The van der Waals surface area contributed by atoms with E-state index in [0.717, 1.165) is 35.6 Å². The molecule has 0 atom stereocenters. The van der Waals surface area contributed by atoms with Gasteiger partial charge < -0.3 is 19.7 Å². The van der Waals surface area contributed by atoms with Crippen LogP contribution in [-0.2, 0) is 16.1 Å². The third-order valence-corrected chi connectivity index (χ3v) is 5.33. The van der Waals surface area contributed by atoms with E-state index in [4.69, 9.17) is 21.1 Å². The van der Waals surface area contributed by atoms with Gasteiger partial charge in [0, 0.05) is 25.8 Å². The Labute approximate surface area is 186 Å². The van der Waals surface area contributed by atoms with Crippen molar-refractivity contribution >= 4 is 23.3 Å². The lowest BCUT2D eigenvalue weighted by atomic mass is 10.1. The van der Waals surface area contributed by atoms with Gasteiger partial charge in [0.1, 0.15) is 11.6 Å². The lowest BCUT2D eigenvalue weighted by Gasteiger charge is -2.28. The number of anilines is 1. The van der Waals surface area contributed by atoms with Gasteiger partial charge >= 0.3 is 0 Å². The highest BCUT2D eigenvalue weighted by Crippen LogP contribution is 2.30. The number of rotatable bonds is 7. The summed E-state index contributed by atoms with van der Waals surface area (Å²) >= 11 is 6.35. The van der Waals surface area contributed by atoms with Crippen LogP contribution in [0.2, 0.25) is 5.02 Å². The van der Waals surface area contributed by atoms with Gasteiger partial charge in [0.25, 0.3) is 5.91 Å². The molecule has 6 nitrogen and oxygen atoms in total. The summed E-state index contributed by atoms with van der Waals surface area (Å²) in [7, 11) is 0. The van der Waals surface area contributed by atoms with Crippen molar-refractivity contribution in [2.75, 3.05) is 37.8 Å². The number of amides is 1. The first kappa shape index (κ1) is 21.2. The van der Waals surface area contributed by atoms with Crippen molar-refractivity contribution in [3.05, 3.63) is 77.4 Å². The fourth-order valence-electron chi connectivity index (χ4n) is 3.36. The Bertz CT molecular complexity index is 1020. The van der Waals surface area contributed by atoms with Crippen molar-refractivity contribution in [2.45, 2.75) is 6.54 Å². The number of nitrogens with zero attached hydrogens (tertiary/aromatic N) is 2. The van der Waals surface area contributed by atoms with Crippen LogP contribution in [-0.4, -0.2) is 43.8 Å². The molecule has 3 aromatic rings. The number of carbonyl (C=O) groups excluding carboxylic acids is 1. The normalized spacial score (nSPS) is 13.6. The number of pyridine rings is 1. The maximum Gasteiger partial charge on any atom is 0.258 e. The lowest BCUT2D eigenvalue weighted by Crippen LogP contribution is -2.36. The van der Waals surface area contributed by atoms with E-state index in [2.05, 4.69) is 15.2 Å². The highest BCUT2D eigenvalue weighted by atomic mass is 35.5. The van der Waals surface area contributed by atoms with Crippen LogP contribution in [0.25, 0.3) is 11.1 Å². The smallest absolute Gasteiger partial charge is 0.258 e. The molecule has 1 amide bonds. The summed E-state index contributed by atoms with van der Waals surface area (Å²) in [5.41, 5.74) is 3.05. The Hall–Kier alpha value is -3.09. The first-order chi connectivity index (χ1) is 15.2. The second-order valence-electron chi connectivity index (χ2n) is 7.20. The van der Waals surface area contributed by atoms with E-state index in [-0.39, 0.29) is 12.5 Å². The molecule has 1 N–H and O–H groups in total. The molecular formula is C24H24ClN3O3. The van der Waals surface area contributed by atoms with Crippen LogP contribution in [0, 0.1) is 0 Å². The summed E-state index contributed by atoms with van der Waals surface area (Å²) < 4.78 is 11.0. The molecule has 2 heterocycles. The maximum atomic E-state index is 12.3. The molecule has 1 aliphatic heterocycles. The van der Waals surface area contributed by atoms with E-state index in [1.165, 1.54) is 0 Å². The molecule has 0 unspecified atom stereocenters. The first-order valence-electron chi connectivity index (χ1n) is 10.2. The second-order valence-corrected chi connectivity index (χ2v) is 7.61. The van der Waals surface area contributed by atoms with Gasteiger partial charge in [0.2, 0.25) is 0 Å². The minimum Gasteiger partial charge on any atom is -0.482 e. The van der Waals surface area contributed by atoms with Crippen LogP contribution in [0.3, 0.4) is 0 Å². The minimum absolute atomic E-state index is 0.105. The SMILES string of the molecule is O=C(COc1ccc(-c2ccccc2)cc1Cl)NCc1ccnc(N2CCOCC2)c1. The quantitative estimate of drug-likeness (QED) is 0.606. The molecule has 1 fully saturated rings. The van der Waals surface area contributed by atoms with E-state index in [1.807, 2.05) is 54.6 Å². The number of hydrogen-bond donors (Lipinski definition) is 1. The number of ether oxygens (including phenoxy) is 2. The van der Waals surface area contributed by atoms with E-state index < -0.39 is 0 Å². The molecule has 0 aliphatic carbocycles. The fourth-order valence-corrected chi connectivity index (χ4v) is 3.59. The highest BCUT2D eigenvalue weighted by molar-refractivity contribution is 6.32. The zero-order valence-corrected chi connectivity index (χ0v) is 17.8. The molecule has 0 spiro atoms. The Balaban J connectivity index is 1.29. The maximum absolute atomic E-state index is 12.3. The molecule has 1 aromatic heterocycles. The molecule has 2 aromatic carbocycles. The largest absolute Gasteiger partial charge is 0.482 e. The van der Waals surface area contributed by atoms with Gasteiger partial charge in [-0.15, -0.1) is 0 Å². The van der Waals surface area contributed by atoms with Gasteiger partial charge in [-0.1, -0.05) is 48.0 Å². The van der Waals surface area contributed by atoms with Crippen LogP contribution in [0.5, 0.6) is 5.75 Å². The highest BCUT2D eigenvalue weighted by Gasteiger charge is 2.13. The third kappa shape index (κ3) is 5.75. The lowest BCUT2D eigenvalue weighted by molar-refractivity contribution is -0.123. The zero-order valence-electron chi connectivity index (χ0n) is 17.1. The van der Waals surface area contributed by atoms with Gasteiger partial charge in [-0.2, -0.15) is 0 Å². The summed E-state index contributed by atoms with van der Waals surface area (Å²) in [5, 5.41) is 3.35. The fraction of sp³-hybridized carbons (Fsp3) is 0.250. The van der Waals surface area contributed by atoms with E-state index in [0.29, 0.717) is 30.5 Å². The molecule has 160 valence electrons. The summed E-state index contributed by atoms with van der Waals surface area (Å²) in [5.74, 6) is 1.17. The Morgan fingerprint density at radius 3 is 2.65 bits per heavy atom. The van der Waals surface area contributed by atoms with Crippen LogP contribution >= 0.6 is 11.6 Å². The van der Waals surface area contributed by atoms with Crippen molar-refractivity contribution in [3.8, 4) is 16.9 Å². The van der Waals surface area contributed by atoms with Gasteiger partial charge in [-0.3, -0.25) is 4.79 Å². The van der Waals surface area contributed by atoms with Gasteiger partial charge in [0.05, 0.1) is 18.2 Å². The van der Waals surface area contributed by atoms with E-state index in [9.17, 15) is 4.79 Å². The number of aromatic nitrogens is 1. The molecule has 1 aliphatic rings. The van der Waals surface area contributed by atoms with Crippen molar-refractivity contribution < 1.29 is 14.3 Å². The zero-order chi connectivity index (χ0) is 21.5. The van der Waals surface area contributed by atoms with Gasteiger partial charge in [-0.25, -0.2) is 4.98 Å². The Morgan fingerprint density at radius 1 is 1.06 bits per heavy atom. The topological polar surface area (TPSA) is 63.7 Å². The van der Waals surface area contributed by atoms with Crippen LogP contribution in [0.4, 0.5) is 5.82 Å². The van der Waals surface area contributed by atoms with Crippen molar-refractivity contribution in [3.63, 3.8) is 0 Å². The summed E-state index contributed by atoms with van der Waals surface area (Å²) in [6.07, 6.45) is 1.76. The van der Waals surface area contributed by atoms with E-state index in [1.54, 1.807) is 12.3 Å². The van der Waals surface area contributed by atoms with Crippen molar-refractivity contribution in [1.29, 1.82) is 0 Å². The number of hydrogen-bond acceptors (Lipinski definition) is 5. The van der Waals surface area contributed by atoms with E-state index >= 15 is 0 Å². The average Bonchev–Trinajstić information content (AvgIpc) is 2.83. The predicted octanol–water partition coefficient (Wildman–Crippen LogP) is 3.93.